The van der Waals surface area contributed by atoms with Crippen molar-refractivity contribution < 1.29 is 17.9 Å². The van der Waals surface area contributed by atoms with E-state index in [0.29, 0.717) is 34.7 Å². The zero-order chi connectivity index (χ0) is 21.5. The van der Waals surface area contributed by atoms with E-state index < -0.39 is 16.1 Å². The van der Waals surface area contributed by atoms with Gasteiger partial charge in [-0.1, -0.05) is 11.6 Å². The van der Waals surface area contributed by atoms with E-state index in [0.717, 1.165) is 21.6 Å². The van der Waals surface area contributed by atoms with E-state index in [4.69, 9.17) is 21.1 Å². The second kappa shape index (κ2) is 7.77. The minimum absolute atomic E-state index is 0.237. The van der Waals surface area contributed by atoms with Crippen molar-refractivity contribution >= 4 is 38.2 Å². The van der Waals surface area contributed by atoms with E-state index >= 15 is 0 Å². The molecule has 7 nitrogen and oxygen atoms in total. The molecule has 1 atom stereocenters. The van der Waals surface area contributed by atoms with E-state index in [-0.39, 0.29) is 5.15 Å². The molecular formula is C21H20ClN3O4S. The highest BCUT2D eigenvalue weighted by Gasteiger charge is 2.36. The molecule has 1 aromatic heterocycles. The molecular weight excluding hydrogens is 426 g/mol. The summed E-state index contributed by atoms with van der Waals surface area (Å²) < 4.78 is 36.5. The molecule has 3 aromatic rings. The number of hydrogen-bond acceptors (Lipinski definition) is 6. The standard InChI is InChI=1S/C21H20ClN3O4S/c1-28-15-7-4-13(5-8-15)19-12-20(25(24-19)30(3,26)27)17-10-14-6-9-16(29-2)11-18(14)23-21(17)22/h4-11,20H,12H2,1-3H3/t20-/m0/s1. The molecule has 0 saturated carbocycles. The Balaban J connectivity index is 1.76. The summed E-state index contributed by atoms with van der Waals surface area (Å²) in [6.45, 7) is 0. The van der Waals surface area contributed by atoms with Gasteiger partial charge in [-0.05, 0) is 48.0 Å². The zero-order valence-electron chi connectivity index (χ0n) is 16.7. The number of hydrogen-bond donors (Lipinski definition) is 0. The number of fused-ring (bicyclic) bond motifs is 1. The van der Waals surface area contributed by atoms with Crippen LogP contribution in [0.4, 0.5) is 0 Å². The van der Waals surface area contributed by atoms with Crippen molar-refractivity contribution in [2.45, 2.75) is 12.5 Å². The topological polar surface area (TPSA) is 81.1 Å². The summed E-state index contributed by atoms with van der Waals surface area (Å²) >= 11 is 6.49. The third-order valence-corrected chi connectivity index (χ3v) is 6.32. The molecule has 2 aromatic carbocycles. The molecule has 0 spiro atoms. The van der Waals surface area contributed by atoms with Gasteiger partial charge < -0.3 is 9.47 Å². The van der Waals surface area contributed by atoms with Crippen LogP contribution in [-0.2, 0) is 10.0 Å². The molecule has 1 aliphatic heterocycles. The molecule has 0 N–H and O–H groups in total. The number of aromatic nitrogens is 1. The first kappa shape index (κ1) is 20.4. The van der Waals surface area contributed by atoms with Gasteiger partial charge in [-0.15, -0.1) is 0 Å². The lowest BCUT2D eigenvalue weighted by Gasteiger charge is -2.22. The molecule has 0 radical (unpaired) electrons. The van der Waals surface area contributed by atoms with Gasteiger partial charge in [0.05, 0.1) is 37.7 Å². The van der Waals surface area contributed by atoms with Crippen LogP contribution in [0.3, 0.4) is 0 Å². The quantitative estimate of drug-likeness (QED) is 0.554. The molecule has 0 amide bonds. The second-order valence-electron chi connectivity index (χ2n) is 6.96. The minimum Gasteiger partial charge on any atom is -0.497 e. The fourth-order valence-electron chi connectivity index (χ4n) is 3.48. The maximum absolute atomic E-state index is 12.5. The summed E-state index contributed by atoms with van der Waals surface area (Å²) in [5, 5.41) is 5.48. The highest BCUT2D eigenvalue weighted by atomic mass is 35.5. The molecule has 0 saturated heterocycles. The average Bonchev–Trinajstić information content (AvgIpc) is 3.18. The van der Waals surface area contributed by atoms with Crippen molar-refractivity contribution in [2.75, 3.05) is 20.5 Å². The zero-order valence-corrected chi connectivity index (χ0v) is 18.2. The first-order chi connectivity index (χ1) is 14.3. The van der Waals surface area contributed by atoms with Gasteiger partial charge in [0.25, 0.3) is 0 Å². The van der Waals surface area contributed by atoms with Gasteiger partial charge in [-0.2, -0.15) is 9.52 Å². The predicted molar refractivity (Wildman–Crippen MR) is 117 cm³/mol. The van der Waals surface area contributed by atoms with Crippen molar-refractivity contribution in [1.29, 1.82) is 0 Å². The fourth-order valence-corrected chi connectivity index (χ4v) is 4.65. The van der Waals surface area contributed by atoms with Crippen molar-refractivity contribution in [3.05, 3.63) is 64.8 Å². The molecule has 0 bridgehead atoms. The van der Waals surface area contributed by atoms with E-state index in [1.54, 1.807) is 20.3 Å². The monoisotopic (exact) mass is 445 g/mol. The third kappa shape index (κ3) is 3.80. The van der Waals surface area contributed by atoms with Crippen molar-refractivity contribution in [1.82, 2.24) is 9.40 Å². The van der Waals surface area contributed by atoms with E-state index in [2.05, 4.69) is 10.1 Å². The molecule has 9 heteroatoms. The summed E-state index contributed by atoms with van der Waals surface area (Å²) in [4.78, 5) is 4.46. The van der Waals surface area contributed by atoms with Crippen LogP contribution in [0.1, 0.15) is 23.6 Å². The number of hydrazone groups is 1. The van der Waals surface area contributed by atoms with E-state index in [9.17, 15) is 8.42 Å². The average molecular weight is 446 g/mol. The molecule has 30 heavy (non-hydrogen) atoms. The lowest BCUT2D eigenvalue weighted by atomic mass is 9.99. The van der Waals surface area contributed by atoms with E-state index in [1.807, 2.05) is 42.5 Å². The Kier molecular flexibility index (Phi) is 5.29. The van der Waals surface area contributed by atoms with Crippen LogP contribution in [-0.4, -0.2) is 44.0 Å². The largest absolute Gasteiger partial charge is 0.497 e. The van der Waals surface area contributed by atoms with Gasteiger partial charge in [0.15, 0.2) is 0 Å². The van der Waals surface area contributed by atoms with Crippen LogP contribution in [0.25, 0.3) is 10.9 Å². The summed E-state index contributed by atoms with van der Waals surface area (Å²) in [5.41, 5.74) is 2.75. The molecule has 2 heterocycles. The van der Waals surface area contributed by atoms with Crippen LogP contribution in [0.2, 0.25) is 5.15 Å². The number of benzene rings is 2. The normalized spacial score (nSPS) is 16.6. The van der Waals surface area contributed by atoms with Gasteiger partial charge in [0, 0.05) is 23.4 Å². The van der Waals surface area contributed by atoms with Crippen molar-refractivity contribution in [3.8, 4) is 11.5 Å². The highest BCUT2D eigenvalue weighted by molar-refractivity contribution is 7.88. The SMILES string of the molecule is COc1ccc(C2=NN(S(C)(=O)=O)[C@H](c3cc4ccc(OC)cc4nc3Cl)C2)cc1. The first-order valence-electron chi connectivity index (χ1n) is 9.15. The molecule has 156 valence electrons. The molecule has 0 aliphatic carbocycles. The lowest BCUT2D eigenvalue weighted by molar-refractivity contribution is 0.374. The van der Waals surface area contributed by atoms with Crippen LogP contribution < -0.4 is 9.47 Å². The predicted octanol–water partition coefficient (Wildman–Crippen LogP) is 4.02. The maximum Gasteiger partial charge on any atom is 0.247 e. The maximum atomic E-state index is 12.5. The van der Waals surface area contributed by atoms with E-state index in [1.165, 1.54) is 0 Å². The van der Waals surface area contributed by atoms with Gasteiger partial charge >= 0.3 is 0 Å². The Labute approximate surface area is 179 Å². The molecule has 4 rings (SSSR count). The number of nitrogens with zero attached hydrogens (tertiary/aromatic N) is 3. The third-order valence-electron chi connectivity index (χ3n) is 5.00. The Bertz CT molecular complexity index is 1240. The van der Waals surface area contributed by atoms with Crippen LogP contribution in [0, 0.1) is 0 Å². The number of sulfonamides is 1. The summed E-state index contributed by atoms with van der Waals surface area (Å²) in [7, 11) is -0.447. The molecule has 1 aliphatic rings. The fraction of sp³-hybridized carbons (Fsp3) is 0.238. The van der Waals surface area contributed by atoms with Gasteiger partial charge in [-0.3, -0.25) is 0 Å². The first-order valence-corrected chi connectivity index (χ1v) is 11.4. The van der Waals surface area contributed by atoms with Crippen LogP contribution in [0.5, 0.6) is 11.5 Å². The molecule has 0 fully saturated rings. The van der Waals surface area contributed by atoms with Crippen molar-refractivity contribution in [3.63, 3.8) is 0 Å². The Morgan fingerprint density at radius 3 is 2.33 bits per heavy atom. The summed E-state index contributed by atoms with van der Waals surface area (Å²) in [5.74, 6) is 1.38. The number of ether oxygens (including phenoxy) is 2. The van der Waals surface area contributed by atoms with Crippen molar-refractivity contribution in [2.24, 2.45) is 5.10 Å². The van der Waals surface area contributed by atoms with Gasteiger partial charge in [-0.25, -0.2) is 13.4 Å². The Morgan fingerprint density at radius 2 is 1.70 bits per heavy atom. The Morgan fingerprint density at radius 1 is 1.03 bits per heavy atom. The van der Waals surface area contributed by atoms with Gasteiger partial charge in [0.1, 0.15) is 16.7 Å². The summed E-state index contributed by atoms with van der Waals surface area (Å²) in [6.07, 6.45) is 1.51. The minimum atomic E-state index is -3.62. The second-order valence-corrected chi connectivity index (χ2v) is 9.16. The van der Waals surface area contributed by atoms with Crippen LogP contribution in [0.15, 0.2) is 53.6 Å². The smallest absolute Gasteiger partial charge is 0.247 e. The van der Waals surface area contributed by atoms with Crippen LogP contribution >= 0.6 is 11.6 Å². The number of methoxy groups -OCH3 is 2. The number of halogens is 1. The number of pyridine rings is 1. The summed E-state index contributed by atoms with van der Waals surface area (Å²) in [6, 6.07) is 14.1. The molecule has 0 unspecified atom stereocenters. The highest BCUT2D eigenvalue weighted by Crippen LogP contribution is 2.39. The Hall–Kier alpha value is -2.84. The number of rotatable bonds is 5. The van der Waals surface area contributed by atoms with Gasteiger partial charge in [0.2, 0.25) is 10.0 Å². The lowest BCUT2D eigenvalue weighted by Crippen LogP contribution is -2.26.